The maximum absolute atomic E-state index is 12.5. The number of nitrogens with zero attached hydrogens (tertiary/aromatic N) is 1. The number of carbonyl (C=O) groups is 1. The fraction of sp³-hybridized carbons (Fsp3) is 0.500. The molecule has 5 heteroatoms. The molecule has 2 N–H and O–H groups in total. The Morgan fingerprint density at radius 1 is 1.16 bits per heavy atom. The molecular weight excluding hydrogens is 386 g/mol. The average molecular weight is 420 g/mol. The van der Waals surface area contributed by atoms with Gasteiger partial charge in [-0.3, -0.25) is 4.79 Å². The molecule has 2 heterocycles. The van der Waals surface area contributed by atoms with Crippen LogP contribution in [0.15, 0.2) is 42.5 Å². The van der Waals surface area contributed by atoms with E-state index in [1.807, 2.05) is 11.9 Å². The molecule has 5 atom stereocenters. The van der Waals surface area contributed by atoms with E-state index < -0.39 is 0 Å². The van der Waals surface area contributed by atoms with Gasteiger partial charge in [0.05, 0.1) is 7.11 Å². The van der Waals surface area contributed by atoms with E-state index in [0.717, 1.165) is 42.8 Å². The molecule has 1 aliphatic carbocycles. The molecule has 5 rings (SSSR count). The van der Waals surface area contributed by atoms with Crippen LogP contribution in [0, 0.1) is 5.92 Å². The summed E-state index contributed by atoms with van der Waals surface area (Å²) in [4.78, 5) is 14.4. The first kappa shape index (κ1) is 20.5. The minimum absolute atomic E-state index is 0.178. The highest BCUT2D eigenvalue weighted by atomic mass is 16.5. The van der Waals surface area contributed by atoms with E-state index in [1.165, 1.54) is 17.5 Å². The predicted molar refractivity (Wildman–Crippen MR) is 124 cm³/mol. The van der Waals surface area contributed by atoms with Gasteiger partial charge in [-0.2, -0.15) is 0 Å². The molecule has 2 aromatic carbocycles. The van der Waals surface area contributed by atoms with Gasteiger partial charge in [0.2, 0.25) is 5.91 Å². The van der Waals surface area contributed by atoms with Crippen molar-refractivity contribution in [3.05, 3.63) is 59.2 Å². The number of methoxy groups -OCH3 is 1. The van der Waals surface area contributed by atoms with Crippen LogP contribution in [0.1, 0.15) is 61.3 Å². The fourth-order valence-electron chi connectivity index (χ4n) is 5.49. The summed E-state index contributed by atoms with van der Waals surface area (Å²) < 4.78 is 5.77. The molecule has 0 radical (unpaired) electrons. The predicted octanol–water partition coefficient (Wildman–Crippen LogP) is 4.14. The lowest BCUT2D eigenvalue weighted by molar-refractivity contribution is -0.119. The summed E-state index contributed by atoms with van der Waals surface area (Å²) >= 11 is 0. The van der Waals surface area contributed by atoms with Gasteiger partial charge in [-0.25, -0.2) is 0 Å². The quantitative estimate of drug-likeness (QED) is 0.739. The molecule has 0 aromatic heterocycles. The van der Waals surface area contributed by atoms with Crippen LogP contribution in [0.5, 0.6) is 5.75 Å². The summed E-state index contributed by atoms with van der Waals surface area (Å²) in [6.45, 7) is 2.98. The van der Waals surface area contributed by atoms with E-state index in [-0.39, 0.29) is 11.8 Å². The van der Waals surface area contributed by atoms with Gasteiger partial charge in [0.25, 0.3) is 0 Å². The molecule has 0 unspecified atom stereocenters. The van der Waals surface area contributed by atoms with Crippen molar-refractivity contribution >= 4 is 11.6 Å². The number of hydrogen-bond acceptors (Lipinski definition) is 4. The van der Waals surface area contributed by atoms with E-state index in [2.05, 4.69) is 60.0 Å². The van der Waals surface area contributed by atoms with Crippen LogP contribution in [0.2, 0.25) is 0 Å². The van der Waals surface area contributed by atoms with Crippen LogP contribution in [0.4, 0.5) is 5.69 Å². The van der Waals surface area contributed by atoms with Crippen molar-refractivity contribution in [2.24, 2.45) is 5.92 Å². The highest BCUT2D eigenvalue weighted by molar-refractivity contribution is 6.01. The number of fused-ring (bicyclic) bond motifs is 3. The van der Waals surface area contributed by atoms with Crippen molar-refractivity contribution < 1.29 is 9.53 Å². The van der Waals surface area contributed by atoms with E-state index in [0.29, 0.717) is 24.0 Å². The van der Waals surface area contributed by atoms with Crippen LogP contribution in [-0.4, -0.2) is 32.1 Å². The largest absolute Gasteiger partial charge is 0.496 e. The maximum atomic E-state index is 12.5. The molecule has 1 saturated heterocycles. The zero-order valence-corrected chi connectivity index (χ0v) is 18.7. The minimum Gasteiger partial charge on any atom is -0.496 e. The molecule has 2 aliphatic heterocycles. The second-order valence-electron chi connectivity index (χ2n) is 9.29. The second kappa shape index (κ2) is 8.29. The first-order valence-corrected chi connectivity index (χ1v) is 11.6. The number of hydrogen-bond donors (Lipinski definition) is 2. The third-order valence-electron chi connectivity index (χ3n) is 7.48. The average Bonchev–Trinajstić information content (AvgIpc) is 3.62. The maximum Gasteiger partial charge on any atom is 0.230 e. The zero-order chi connectivity index (χ0) is 21.5. The molecule has 31 heavy (non-hydrogen) atoms. The van der Waals surface area contributed by atoms with Crippen LogP contribution in [0.25, 0.3) is 0 Å². The first-order valence-electron chi connectivity index (χ1n) is 11.6. The van der Waals surface area contributed by atoms with Gasteiger partial charge in [-0.1, -0.05) is 37.3 Å². The molecule has 0 bridgehead atoms. The molecule has 2 fully saturated rings. The van der Waals surface area contributed by atoms with Crippen molar-refractivity contribution in [1.29, 1.82) is 0 Å². The Kier molecular flexibility index (Phi) is 5.49. The van der Waals surface area contributed by atoms with Crippen molar-refractivity contribution in [3.8, 4) is 5.75 Å². The molecular formula is C26H33N3O2. The van der Waals surface area contributed by atoms with Crippen LogP contribution < -0.4 is 20.3 Å². The lowest BCUT2D eigenvalue weighted by atomic mass is 9.88. The van der Waals surface area contributed by atoms with Gasteiger partial charge in [0.1, 0.15) is 5.75 Å². The summed E-state index contributed by atoms with van der Waals surface area (Å²) in [7, 11) is 3.65. The summed E-state index contributed by atoms with van der Waals surface area (Å²) in [6.07, 6.45) is 4.44. The Balaban J connectivity index is 1.38. The summed E-state index contributed by atoms with van der Waals surface area (Å²) in [5, 5.41) is 7.68. The highest BCUT2D eigenvalue weighted by Gasteiger charge is 2.50. The van der Waals surface area contributed by atoms with Crippen LogP contribution in [-0.2, 0) is 11.3 Å². The van der Waals surface area contributed by atoms with E-state index in [1.54, 1.807) is 7.11 Å². The second-order valence-corrected chi connectivity index (χ2v) is 9.29. The molecule has 2 aromatic rings. The minimum atomic E-state index is 0.178. The van der Waals surface area contributed by atoms with Gasteiger partial charge < -0.3 is 20.3 Å². The number of anilines is 1. The van der Waals surface area contributed by atoms with Crippen LogP contribution in [0.3, 0.4) is 0 Å². The fourth-order valence-corrected chi connectivity index (χ4v) is 5.49. The van der Waals surface area contributed by atoms with Gasteiger partial charge in [-0.15, -0.1) is 0 Å². The lowest BCUT2D eigenvalue weighted by Gasteiger charge is -2.38. The number of benzene rings is 2. The smallest absolute Gasteiger partial charge is 0.230 e. The van der Waals surface area contributed by atoms with Crippen LogP contribution >= 0.6 is 0 Å². The Labute approximate surface area is 185 Å². The van der Waals surface area contributed by atoms with Gasteiger partial charge in [-0.05, 0) is 54.9 Å². The number of rotatable bonds is 6. The third kappa shape index (κ3) is 3.74. The molecule has 0 spiro atoms. The lowest BCUT2D eigenvalue weighted by Crippen LogP contribution is -2.49. The standard InChI is InChI=1S/C26H33N3O2/c1-4-18-10-11-22(25(28-18)16-8-6-5-7-9-16)27-15-17-12-23-20(14-24(17)31-3)19-13-21(19)26(30)29(23)2/h5-9,12,14,18-19,21-22,25,27-28H,4,10-11,13,15H2,1-3H3/t18-,19-,21-,22-,25-/m0/s1. The third-order valence-corrected chi connectivity index (χ3v) is 7.48. The Morgan fingerprint density at radius 2 is 1.97 bits per heavy atom. The topological polar surface area (TPSA) is 53.6 Å². The Hall–Kier alpha value is -2.37. The number of nitrogens with one attached hydrogen (secondary N) is 2. The van der Waals surface area contributed by atoms with Crippen molar-refractivity contribution in [3.63, 3.8) is 0 Å². The zero-order valence-electron chi connectivity index (χ0n) is 18.7. The summed E-state index contributed by atoms with van der Waals surface area (Å²) in [5.41, 5.74) is 4.76. The van der Waals surface area contributed by atoms with E-state index in [4.69, 9.17) is 4.74 Å². The summed E-state index contributed by atoms with van der Waals surface area (Å²) in [6, 6.07) is 16.3. The monoisotopic (exact) mass is 419 g/mol. The Morgan fingerprint density at radius 3 is 2.71 bits per heavy atom. The summed E-state index contributed by atoms with van der Waals surface area (Å²) in [5.74, 6) is 1.74. The molecule has 3 aliphatic rings. The highest BCUT2D eigenvalue weighted by Crippen LogP contribution is 2.56. The number of ether oxygens (including phenoxy) is 1. The van der Waals surface area contributed by atoms with Crippen molar-refractivity contribution in [1.82, 2.24) is 10.6 Å². The van der Waals surface area contributed by atoms with Gasteiger partial charge >= 0.3 is 0 Å². The van der Waals surface area contributed by atoms with E-state index in [9.17, 15) is 4.79 Å². The number of carbonyl (C=O) groups excluding carboxylic acids is 1. The Bertz CT molecular complexity index is 961. The molecule has 5 nitrogen and oxygen atoms in total. The van der Waals surface area contributed by atoms with Crippen molar-refractivity contribution in [2.45, 2.75) is 63.2 Å². The normalized spacial score (nSPS) is 29.3. The number of piperidine rings is 1. The van der Waals surface area contributed by atoms with Gasteiger partial charge in [0.15, 0.2) is 0 Å². The molecule has 164 valence electrons. The first-order chi connectivity index (χ1) is 15.1. The number of amides is 1. The van der Waals surface area contributed by atoms with Gasteiger partial charge in [0, 0.05) is 48.9 Å². The molecule has 1 saturated carbocycles. The van der Waals surface area contributed by atoms with E-state index >= 15 is 0 Å². The molecule has 1 amide bonds. The SMILES string of the molecule is CC[C@H]1CC[C@H](NCc2cc3c(cc2OC)[C@@H]2C[C@@H]2C(=O)N3C)[C@H](c2ccccc2)N1. The van der Waals surface area contributed by atoms with Crippen molar-refractivity contribution in [2.75, 3.05) is 19.1 Å².